The Morgan fingerprint density at radius 3 is 2.32 bits per heavy atom. The topological polar surface area (TPSA) is 90.7 Å². The van der Waals surface area contributed by atoms with Gasteiger partial charge in [-0.05, 0) is 54.5 Å². The summed E-state index contributed by atoms with van der Waals surface area (Å²) in [7, 11) is -3.54. The highest BCUT2D eigenvalue weighted by molar-refractivity contribution is 7.62. The van der Waals surface area contributed by atoms with Crippen molar-refractivity contribution < 1.29 is 18.5 Å². The lowest BCUT2D eigenvalue weighted by molar-refractivity contribution is -0.384. The van der Waals surface area contributed by atoms with Crippen molar-refractivity contribution in [1.82, 2.24) is 0 Å². The predicted molar refractivity (Wildman–Crippen MR) is 132 cm³/mol. The van der Waals surface area contributed by atoms with E-state index in [-0.39, 0.29) is 41.7 Å². The molecule has 0 saturated heterocycles. The highest BCUT2D eigenvalue weighted by Gasteiger charge is 2.45. The van der Waals surface area contributed by atoms with Crippen molar-refractivity contribution in [2.75, 3.05) is 18.5 Å². The first-order valence-corrected chi connectivity index (χ1v) is 13.1. The van der Waals surface area contributed by atoms with Gasteiger partial charge in [0.1, 0.15) is 0 Å². The first-order valence-electron chi connectivity index (χ1n) is 11.6. The molecule has 2 aliphatic rings. The molecule has 1 heterocycles. The summed E-state index contributed by atoms with van der Waals surface area (Å²) in [6.07, 6.45) is 0.883. The highest BCUT2D eigenvalue weighted by atomic mass is 31.2. The van der Waals surface area contributed by atoms with E-state index in [0.717, 1.165) is 23.2 Å². The van der Waals surface area contributed by atoms with Gasteiger partial charge in [0.2, 0.25) is 0 Å². The number of para-hydroxylation sites is 1. The van der Waals surface area contributed by atoms with E-state index in [1.807, 2.05) is 24.3 Å². The van der Waals surface area contributed by atoms with Crippen molar-refractivity contribution >= 4 is 24.3 Å². The molecule has 0 amide bonds. The molecule has 1 aliphatic carbocycles. The molecule has 5 rings (SSSR count). The summed E-state index contributed by atoms with van der Waals surface area (Å²) in [6.45, 7) is 4.14. The molecular formula is C26H27N2O5P. The molecule has 1 N–H and O–H groups in total. The Hall–Kier alpha value is -2.99. The maximum atomic E-state index is 13.8. The number of nitro benzene ring substituents is 1. The van der Waals surface area contributed by atoms with E-state index in [0.29, 0.717) is 5.30 Å². The standard InChI is InChI=1S/C26H27N2O5P/c1-3-32-34(31,33-4-2)23-11-7-10-21-24-20-9-6-5-8-18(20)16-22(24)25(27-26(21)23)17-12-14-19(15-13-17)28(29)30/h5-15,22,24-25,27H,3-4,16H2,1-2H3/t22-,24-,25-/m1/s1. The number of fused-ring (bicyclic) bond motifs is 5. The van der Waals surface area contributed by atoms with Gasteiger partial charge in [-0.3, -0.25) is 14.7 Å². The molecular weight excluding hydrogens is 451 g/mol. The van der Waals surface area contributed by atoms with Gasteiger partial charge in [-0.25, -0.2) is 0 Å². The summed E-state index contributed by atoms with van der Waals surface area (Å²) in [6, 6.07) is 20.8. The van der Waals surface area contributed by atoms with Crippen LogP contribution >= 0.6 is 7.60 Å². The van der Waals surface area contributed by atoms with E-state index in [1.54, 1.807) is 26.0 Å². The molecule has 0 unspecified atom stereocenters. The summed E-state index contributed by atoms with van der Waals surface area (Å²) < 4.78 is 25.2. The summed E-state index contributed by atoms with van der Waals surface area (Å²) in [5.41, 5.74) is 5.42. The average Bonchev–Trinajstić information content (AvgIpc) is 3.23. The quantitative estimate of drug-likeness (QED) is 0.256. The fraction of sp³-hybridized carbons (Fsp3) is 0.308. The van der Waals surface area contributed by atoms with Crippen LogP contribution in [0.25, 0.3) is 0 Å². The van der Waals surface area contributed by atoms with Gasteiger partial charge in [0.15, 0.2) is 0 Å². The van der Waals surface area contributed by atoms with Crippen LogP contribution in [0.5, 0.6) is 0 Å². The number of anilines is 1. The molecule has 1 aliphatic heterocycles. The van der Waals surface area contributed by atoms with Gasteiger partial charge in [-0.1, -0.05) is 48.5 Å². The van der Waals surface area contributed by atoms with E-state index in [9.17, 15) is 14.7 Å². The third-order valence-electron chi connectivity index (χ3n) is 6.77. The number of nitrogens with zero attached hydrogens (tertiary/aromatic N) is 1. The van der Waals surface area contributed by atoms with Crippen LogP contribution in [-0.2, 0) is 20.0 Å². The van der Waals surface area contributed by atoms with Gasteiger partial charge in [0, 0.05) is 18.1 Å². The molecule has 0 fully saturated rings. The molecule has 3 aromatic carbocycles. The van der Waals surface area contributed by atoms with E-state index in [2.05, 4.69) is 35.6 Å². The van der Waals surface area contributed by atoms with Crippen LogP contribution in [0.4, 0.5) is 11.4 Å². The van der Waals surface area contributed by atoms with Gasteiger partial charge in [0.05, 0.1) is 35.2 Å². The molecule has 34 heavy (non-hydrogen) atoms. The predicted octanol–water partition coefficient (Wildman–Crippen LogP) is 5.96. The lowest BCUT2D eigenvalue weighted by Crippen LogP contribution is -2.33. The highest BCUT2D eigenvalue weighted by Crippen LogP contribution is 2.57. The fourth-order valence-electron chi connectivity index (χ4n) is 5.45. The molecule has 0 radical (unpaired) electrons. The van der Waals surface area contributed by atoms with Crippen LogP contribution in [0.3, 0.4) is 0 Å². The van der Waals surface area contributed by atoms with Crippen molar-refractivity contribution in [3.05, 3.63) is 99.1 Å². The van der Waals surface area contributed by atoms with Crippen LogP contribution in [0, 0.1) is 16.0 Å². The minimum atomic E-state index is -3.54. The Morgan fingerprint density at radius 2 is 1.65 bits per heavy atom. The first-order chi connectivity index (χ1) is 16.5. The second kappa shape index (κ2) is 8.99. The van der Waals surface area contributed by atoms with Crippen LogP contribution in [0.2, 0.25) is 0 Å². The van der Waals surface area contributed by atoms with Gasteiger partial charge >= 0.3 is 7.60 Å². The maximum Gasteiger partial charge on any atom is 0.363 e. The van der Waals surface area contributed by atoms with Crippen molar-refractivity contribution in [3.8, 4) is 0 Å². The zero-order valence-corrected chi connectivity index (χ0v) is 20.0. The lowest BCUT2D eigenvalue weighted by atomic mass is 9.75. The molecule has 3 atom stereocenters. The number of nitro groups is 1. The van der Waals surface area contributed by atoms with E-state index in [4.69, 9.17) is 9.05 Å². The number of hydrogen-bond acceptors (Lipinski definition) is 6. The smallest absolute Gasteiger partial charge is 0.363 e. The number of rotatable bonds is 7. The monoisotopic (exact) mass is 478 g/mol. The maximum absolute atomic E-state index is 13.8. The molecule has 176 valence electrons. The van der Waals surface area contributed by atoms with Gasteiger partial charge in [-0.2, -0.15) is 0 Å². The zero-order chi connectivity index (χ0) is 23.9. The Bertz CT molecular complexity index is 1270. The Kier molecular flexibility index (Phi) is 6.02. The van der Waals surface area contributed by atoms with Crippen LogP contribution in [0.1, 0.15) is 48.1 Å². The van der Waals surface area contributed by atoms with Crippen molar-refractivity contribution in [2.24, 2.45) is 5.92 Å². The first kappa shape index (κ1) is 22.8. The third-order valence-corrected chi connectivity index (χ3v) is 8.93. The molecule has 0 spiro atoms. The molecule has 0 bridgehead atoms. The minimum Gasteiger partial charge on any atom is -0.377 e. The third kappa shape index (κ3) is 3.74. The molecule has 3 aromatic rings. The fourth-order valence-corrected chi connectivity index (χ4v) is 7.22. The largest absolute Gasteiger partial charge is 0.377 e. The normalized spacial score (nSPS) is 20.7. The number of benzene rings is 3. The van der Waals surface area contributed by atoms with E-state index in [1.165, 1.54) is 11.1 Å². The Morgan fingerprint density at radius 1 is 0.971 bits per heavy atom. The van der Waals surface area contributed by atoms with Crippen LogP contribution < -0.4 is 10.6 Å². The molecule has 7 nitrogen and oxygen atoms in total. The van der Waals surface area contributed by atoms with Crippen molar-refractivity contribution in [3.63, 3.8) is 0 Å². The second-order valence-corrected chi connectivity index (χ2v) is 10.6. The minimum absolute atomic E-state index is 0.0594. The summed E-state index contributed by atoms with van der Waals surface area (Å²) in [5.74, 6) is 0.310. The molecule has 8 heteroatoms. The summed E-state index contributed by atoms with van der Waals surface area (Å²) >= 11 is 0. The number of hydrogen-bond donors (Lipinski definition) is 1. The van der Waals surface area contributed by atoms with Gasteiger partial charge in [0.25, 0.3) is 5.69 Å². The summed E-state index contributed by atoms with van der Waals surface area (Å²) in [4.78, 5) is 10.8. The Labute approximate surface area is 198 Å². The lowest BCUT2D eigenvalue weighted by Gasteiger charge is -2.39. The number of nitrogens with one attached hydrogen (secondary N) is 1. The van der Waals surface area contributed by atoms with Crippen LogP contribution in [0.15, 0.2) is 66.7 Å². The summed E-state index contributed by atoms with van der Waals surface area (Å²) in [5, 5.41) is 15.4. The van der Waals surface area contributed by atoms with E-state index >= 15 is 0 Å². The molecule has 0 saturated carbocycles. The average molecular weight is 478 g/mol. The van der Waals surface area contributed by atoms with Gasteiger partial charge in [-0.15, -0.1) is 0 Å². The van der Waals surface area contributed by atoms with E-state index < -0.39 is 7.60 Å². The van der Waals surface area contributed by atoms with Crippen molar-refractivity contribution in [1.29, 1.82) is 0 Å². The number of non-ortho nitro benzene ring substituents is 1. The van der Waals surface area contributed by atoms with Gasteiger partial charge < -0.3 is 14.4 Å². The van der Waals surface area contributed by atoms with Crippen LogP contribution in [-0.4, -0.2) is 18.1 Å². The Balaban J connectivity index is 1.68. The SMILES string of the molecule is CCOP(=O)(OCC)c1cccc2c1N[C@H](c1ccc([N+](=O)[O-])cc1)[C@@H]1Cc3ccccc3[C@H]21. The molecule has 0 aromatic heterocycles. The zero-order valence-electron chi connectivity index (χ0n) is 19.1. The second-order valence-electron chi connectivity index (χ2n) is 8.59. The van der Waals surface area contributed by atoms with Crippen molar-refractivity contribution in [2.45, 2.75) is 32.2 Å².